The zero-order valence-corrected chi connectivity index (χ0v) is 20.2. The number of hydrogen-bond donors (Lipinski definition) is 0. The lowest BCUT2D eigenvalue weighted by Gasteiger charge is -2.42. The molecule has 35 heavy (non-hydrogen) atoms. The molecule has 4 aromatic carbocycles. The van der Waals surface area contributed by atoms with Gasteiger partial charge in [0, 0.05) is 46.6 Å². The quantitative estimate of drug-likeness (QED) is 0.268. The molecule has 1 aliphatic carbocycles. The highest BCUT2D eigenvalue weighted by Gasteiger charge is 2.49. The molecule has 1 saturated carbocycles. The van der Waals surface area contributed by atoms with E-state index in [1.165, 1.54) is 55.0 Å². The van der Waals surface area contributed by atoms with Crippen LogP contribution in [0.1, 0.15) is 51.0 Å². The first-order valence-corrected chi connectivity index (χ1v) is 13.0. The predicted octanol–water partition coefficient (Wildman–Crippen LogP) is 5.72. The Morgan fingerprint density at radius 3 is 2.60 bits per heavy atom. The van der Waals surface area contributed by atoms with Crippen LogP contribution in [0.5, 0.6) is 0 Å². The molecule has 0 radical (unpaired) electrons. The maximum Gasteiger partial charge on any atom is 0.252 e. The summed E-state index contributed by atoms with van der Waals surface area (Å²) in [5.41, 5.74) is 13.6. The van der Waals surface area contributed by atoms with E-state index in [9.17, 15) is 2.74 Å². The van der Waals surface area contributed by atoms with Crippen molar-refractivity contribution in [3.05, 3.63) is 83.4 Å². The van der Waals surface area contributed by atoms with Gasteiger partial charge in [-0.05, 0) is 79.0 Å². The summed E-state index contributed by atoms with van der Waals surface area (Å²) >= 11 is 0. The van der Waals surface area contributed by atoms with Crippen LogP contribution in [0.3, 0.4) is 0 Å². The number of aromatic nitrogens is 1. The molecule has 9 rings (SSSR count). The second kappa shape index (κ2) is 6.21. The van der Waals surface area contributed by atoms with Crippen molar-refractivity contribution < 1.29 is 2.74 Å². The van der Waals surface area contributed by atoms with Crippen LogP contribution < -0.4 is 21.3 Å². The van der Waals surface area contributed by atoms with Crippen LogP contribution in [0, 0.1) is 13.8 Å². The van der Waals surface area contributed by atoms with E-state index in [4.69, 9.17) is 0 Å². The summed E-state index contributed by atoms with van der Waals surface area (Å²) in [6.45, 7) is 4.49. The van der Waals surface area contributed by atoms with Crippen molar-refractivity contribution in [3.63, 3.8) is 0 Å². The number of fused-ring (bicyclic) bond motifs is 10. The van der Waals surface area contributed by atoms with Crippen LogP contribution in [0.4, 0.5) is 11.4 Å². The fraction of sp³-hybridized carbons (Fsp3) is 0.250. The zero-order chi connectivity index (χ0) is 24.8. The second-order valence-corrected chi connectivity index (χ2v) is 11.0. The van der Waals surface area contributed by atoms with E-state index in [2.05, 4.69) is 90.0 Å². The summed E-state index contributed by atoms with van der Waals surface area (Å²) in [5, 5.41) is 2.63. The van der Waals surface area contributed by atoms with Crippen molar-refractivity contribution >= 4 is 56.3 Å². The second-order valence-electron chi connectivity index (χ2n) is 11.0. The summed E-state index contributed by atoms with van der Waals surface area (Å²) in [6.07, 6.45) is 3.51. The molecular weight excluding hydrogens is 423 g/mol. The Morgan fingerprint density at radius 1 is 0.829 bits per heavy atom. The van der Waals surface area contributed by atoms with Crippen molar-refractivity contribution in [2.45, 2.75) is 51.4 Å². The smallest absolute Gasteiger partial charge is 0.252 e. The monoisotopic (exact) mass is 452 g/mol. The van der Waals surface area contributed by atoms with Gasteiger partial charge in [0.1, 0.15) is 0 Å². The van der Waals surface area contributed by atoms with E-state index in [1.807, 2.05) is 0 Å². The molecular formula is C32H27BN2. The Hall–Kier alpha value is -3.46. The first-order chi connectivity index (χ1) is 17.9. The molecule has 1 aromatic heterocycles. The Kier molecular flexibility index (Phi) is 3.02. The number of benzene rings is 4. The van der Waals surface area contributed by atoms with Gasteiger partial charge in [0.05, 0.1) is 6.89 Å². The summed E-state index contributed by atoms with van der Waals surface area (Å²) < 4.78 is 22.1. The van der Waals surface area contributed by atoms with E-state index in [0.717, 1.165) is 42.6 Å². The minimum Gasteiger partial charge on any atom is -0.338 e. The third-order valence-electron chi connectivity index (χ3n) is 8.97. The minimum absolute atomic E-state index is 0.102. The zero-order valence-electron chi connectivity index (χ0n) is 22.2. The Bertz CT molecular complexity index is 1870. The molecule has 4 aliphatic rings. The lowest BCUT2D eigenvalue weighted by molar-refractivity contribution is 0.402. The highest BCUT2D eigenvalue weighted by molar-refractivity contribution is 7.00. The Morgan fingerprint density at radius 2 is 1.66 bits per heavy atom. The van der Waals surface area contributed by atoms with Crippen molar-refractivity contribution in [1.82, 2.24) is 4.57 Å². The molecule has 0 saturated heterocycles. The van der Waals surface area contributed by atoms with Gasteiger partial charge < -0.3 is 9.47 Å². The molecule has 2 nitrogen and oxygen atoms in total. The van der Waals surface area contributed by atoms with E-state index < -0.39 is 11.9 Å². The number of aryl methyl sites for hydroxylation is 2. The van der Waals surface area contributed by atoms with Crippen molar-refractivity contribution in [2.24, 2.45) is 0 Å². The SMILES string of the molecule is [2H]C12CCCCC1([2H])N1c3cccc4c3B(c3cccc2c31)c1cc(C)cc2c3cc(C)ccc3n-4c12. The maximum atomic E-state index is 9.90. The molecule has 2 atom stereocenters. The fourth-order valence-corrected chi connectivity index (χ4v) is 7.73. The molecule has 0 amide bonds. The average Bonchev–Trinajstić information content (AvgIpc) is 3.32. The van der Waals surface area contributed by atoms with E-state index in [1.54, 1.807) is 0 Å². The molecule has 0 spiro atoms. The molecule has 2 unspecified atom stereocenters. The standard InChI is InChI=1S/C32H27BN2/c1-18-13-14-27-22(15-18)23-16-19(2)17-25-32(23)35(27)29-12-6-11-28-30(29)33(25)24-9-5-8-21-20-7-3-4-10-26(20)34(28)31(21)24/h5-6,8-9,11-17,20,26H,3-4,7,10H2,1-2H3/i20D,26D. The van der Waals surface area contributed by atoms with Gasteiger partial charge in [0.2, 0.25) is 0 Å². The van der Waals surface area contributed by atoms with Crippen molar-refractivity contribution in [1.29, 1.82) is 0 Å². The predicted molar refractivity (Wildman–Crippen MR) is 148 cm³/mol. The largest absolute Gasteiger partial charge is 0.338 e. The number of hydrogen-bond acceptors (Lipinski definition) is 1. The van der Waals surface area contributed by atoms with Gasteiger partial charge >= 0.3 is 0 Å². The number of nitrogens with zero attached hydrogens (tertiary/aromatic N) is 2. The fourth-order valence-electron chi connectivity index (χ4n) is 7.73. The van der Waals surface area contributed by atoms with Crippen molar-refractivity contribution in [2.75, 3.05) is 4.90 Å². The van der Waals surface area contributed by atoms with Gasteiger partial charge in [-0.15, -0.1) is 0 Å². The first-order valence-electron chi connectivity index (χ1n) is 14.0. The van der Waals surface area contributed by atoms with Gasteiger partial charge in [0.25, 0.3) is 6.71 Å². The highest BCUT2D eigenvalue weighted by atomic mass is 15.2. The van der Waals surface area contributed by atoms with Gasteiger partial charge in [0.15, 0.2) is 0 Å². The summed E-state index contributed by atoms with van der Waals surface area (Å²) in [4.78, 5) is 2.28. The highest BCUT2D eigenvalue weighted by Crippen LogP contribution is 2.52. The van der Waals surface area contributed by atoms with Crippen LogP contribution in [-0.4, -0.2) is 17.3 Å². The lowest BCUT2D eigenvalue weighted by atomic mass is 9.33. The van der Waals surface area contributed by atoms with Gasteiger partial charge in [-0.1, -0.05) is 60.4 Å². The first kappa shape index (κ1) is 17.1. The molecule has 3 heteroatoms. The third kappa shape index (κ3) is 2.11. The average molecular weight is 452 g/mol. The maximum absolute atomic E-state index is 9.90. The van der Waals surface area contributed by atoms with Gasteiger partial charge in [-0.25, -0.2) is 0 Å². The number of rotatable bonds is 0. The lowest BCUT2D eigenvalue weighted by Crippen LogP contribution is -2.61. The summed E-state index contributed by atoms with van der Waals surface area (Å²) in [6, 6.07) is 23.8. The molecule has 5 aromatic rings. The van der Waals surface area contributed by atoms with E-state index >= 15 is 0 Å². The summed E-state index contributed by atoms with van der Waals surface area (Å²) in [7, 11) is 0. The van der Waals surface area contributed by atoms with Crippen LogP contribution in [0.15, 0.2) is 66.7 Å². The number of anilines is 2. The third-order valence-corrected chi connectivity index (χ3v) is 8.97. The topological polar surface area (TPSA) is 8.17 Å². The van der Waals surface area contributed by atoms with Gasteiger partial charge in [-0.3, -0.25) is 0 Å². The Labute approximate surface area is 209 Å². The van der Waals surface area contributed by atoms with E-state index in [0.29, 0.717) is 0 Å². The molecule has 0 N–H and O–H groups in total. The molecule has 1 fully saturated rings. The minimum atomic E-state index is -0.984. The normalized spacial score (nSPS) is 25.9. The van der Waals surface area contributed by atoms with Crippen LogP contribution in [0.2, 0.25) is 0 Å². The molecule has 0 bridgehead atoms. The van der Waals surface area contributed by atoms with Crippen LogP contribution in [0.25, 0.3) is 27.5 Å². The summed E-state index contributed by atoms with van der Waals surface area (Å²) in [5.74, 6) is -0.908. The van der Waals surface area contributed by atoms with Crippen molar-refractivity contribution in [3.8, 4) is 5.69 Å². The molecule has 4 heterocycles. The number of para-hydroxylation sites is 1. The van der Waals surface area contributed by atoms with Crippen LogP contribution in [-0.2, 0) is 0 Å². The van der Waals surface area contributed by atoms with Gasteiger partial charge in [-0.2, -0.15) is 0 Å². The molecule has 168 valence electrons. The van der Waals surface area contributed by atoms with Crippen LogP contribution >= 0.6 is 0 Å². The Balaban J connectivity index is 1.49. The molecule has 3 aliphatic heterocycles. The van der Waals surface area contributed by atoms with E-state index in [-0.39, 0.29) is 6.71 Å².